The van der Waals surface area contributed by atoms with Gasteiger partial charge in [-0.3, -0.25) is 0 Å². The highest BCUT2D eigenvalue weighted by molar-refractivity contribution is 7.99. The van der Waals surface area contributed by atoms with Gasteiger partial charge in [-0.15, -0.1) is 11.8 Å². The van der Waals surface area contributed by atoms with Gasteiger partial charge in [-0.2, -0.15) is 0 Å². The van der Waals surface area contributed by atoms with E-state index in [0.29, 0.717) is 17.0 Å². The minimum Gasteiger partial charge on any atom is -0.316 e. The maximum absolute atomic E-state index is 13.8. The van der Waals surface area contributed by atoms with Gasteiger partial charge in [-0.05, 0) is 56.3 Å². The number of likely N-dealkylation sites (N-methyl/N-ethyl adjacent to an activating group) is 1. The van der Waals surface area contributed by atoms with Crippen molar-refractivity contribution in [3.8, 4) is 0 Å². The molecule has 0 aliphatic heterocycles. The fourth-order valence-electron chi connectivity index (χ4n) is 2.04. The van der Waals surface area contributed by atoms with Crippen LogP contribution < -0.4 is 5.32 Å². The van der Waals surface area contributed by atoms with E-state index in [1.165, 1.54) is 16.5 Å². The zero-order valence-electron chi connectivity index (χ0n) is 12.2. The van der Waals surface area contributed by atoms with Crippen LogP contribution in [-0.2, 0) is 6.42 Å². The fraction of sp³-hybridized carbons (Fsp3) is 0.294. The minimum atomic E-state index is -0.194. The van der Waals surface area contributed by atoms with Gasteiger partial charge in [0.1, 0.15) is 5.82 Å². The summed E-state index contributed by atoms with van der Waals surface area (Å²) < 4.78 is 13.8. The Morgan fingerprint density at radius 2 is 1.90 bits per heavy atom. The lowest BCUT2D eigenvalue weighted by molar-refractivity contribution is 0.568. The van der Waals surface area contributed by atoms with Crippen LogP contribution >= 0.6 is 23.4 Å². The van der Waals surface area contributed by atoms with Crippen LogP contribution in [0.1, 0.15) is 11.1 Å². The van der Waals surface area contributed by atoms with Crippen molar-refractivity contribution in [3.63, 3.8) is 0 Å². The second-order valence-electron chi connectivity index (χ2n) is 5.05. The molecule has 2 rings (SSSR count). The van der Waals surface area contributed by atoms with E-state index in [-0.39, 0.29) is 11.9 Å². The van der Waals surface area contributed by atoms with Crippen LogP contribution in [-0.4, -0.2) is 18.8 Å². The number of rotatable bonds is 6. The van der Waals surface area contributed by atoms with E-state index in [2.05, 4.69) is 36.5 Å². The van der Waals surface area contributed by atoms with Crippen LogP contribution in [0.2, 0.25) is 5.02 Å². The first-order chi connectivity index (χ1) is 10.1. The van der Waals surface area contributed by atoms with Gasteiger partial charge in [-0.25, -0.2) is 4.39 Å². The van der Waals surface area contributed by atoms with E-state index in [1.807, 2.05) is 7.05 Å². The van der Waals surface area contributed by atoms with Gasteiger partial charge in [0.15, 0.2) is 0 Å². The van der Waals surface area contributed by atoms with E-state index in [9.17, 15) is 4.39 Å². The highest BCUT2D eigenvalue weighted by Crippen LogP contribution is 2.22. The molecule has 0 amide bonds. The van der Waals surface area contributed by atoms with Crippen LogP contribution in [0.4, 0.5) is 4.39 Å². The van der Waals surface area contributed by atoms with Gasteiger partial charge >= 0.3 is 0 Å². The third-order valence-corrected chi connectivity index (χ3v) is 4.76. The lowest BCUT2D eigenvalue weighted by atomic mass is 10.1. The molecule has 0 fully saturated rings. The van der Waals surface area contributed by atoms with Crippen molar-refractivity contribution in [2.45, 2.75) is 24.3 Å². The first-order valence-corrected chi connectivity index (χ1v) is 8.25. The van der Waals surface area contributed by atoms with Crippen molar-refractivity contribution < 1.29 is 4.39 Å². The van der Waals surface area contributed by atoms with E-state index in [1.54, 1.807) is 23.9 Å². The SMILES string of the molecule is CNC(CSc1ccc(C)cc1)Cc1cc(Cl)ccc1F. The molecular formula is C17H19ClFNS. The van der Waals surface area contributed by atoms with Gasteiger partial charge in [0.25, 0.3) is 0 Å². The summed E-state index contributed by atoms with van der Waals surface area (Å²) in [7, 11) is 1.91. The van der Waals surface area contributed by atoms with Crippen LogP contribution in [0.3, 0.4) is 0 Å². The quantitative estimate of drug-likeness (QED) is 0.773. The second-order valence-corrected chi connectivity index (χ2v) is 6.58. The fourth-order valence-corrected chi connectivity index (χ4v) is 3.24. The average molecular weight is 324 g/mol. The number of aryl methyl sites for hydroxylation is 1. The van der Waals surface area contributed by atoms with E-state index in [0.717, 1.165) is 5.75 Å². The molecular weight excluding hydrogens is 305 g/mol. The zero-order chi connectivity index (χ0) is 15.2. The van der Waals surface area contributed by atoms with Crippen molar-refractivity contribution in [2.24, 2.45) is 0 Å². The average Bonchev–Trinajstić information content (AvgIpc) is 2.48. The summed E-state index contributed by atoms with van der Waals surface area (Å²) in [6, 6.07) is 13.4. The number of thioether (sulfide) groups is 1. The summed E-state index contributed by atoms with van der Waals surface area (Å²) in [5.41, 5.74) is 1.91. The number of benzene rings is 2. The number of hydrogen-bond acceptors (Lipinski definition) is 2. The Kier molecular flexibility index (Phi) is 6.09. The number of halogens is 2. The molecule has 0 aliphatic carbocycles. The largest absolute Gasteiger partial charge is 0.316 e. The molecule has 1 N–H and O–H groups in total. The van der Waals surface area contributed by atoms with Gasteiger partial charge in [0.2, 0.25) is 0 Å². The molecule has 0 heterocycles. The highest BCUT2D eigenvalue weighted by atomic mass is 35.5. The van der Waals surface area contributed by atoms with Crippen LogP contribution in [0, 0.1) is 12.7 Å². The van der Waals surface area contributed by atoms with Crippen LogP contribution in [0.5, 0.6) is 0 Å². The molecule has 112 valence electrons. The molecule has 0 bridgehead atoms. The Morgan fingerprint density at radius 3 is 2.57 bits per heavy atom. The zero-order valence-corrected chi connectivity index (χ0v) is 13.8. The van der Waals surface area contributed by atoms with E-state index in [4.69, 9.17) is 11.6 Å². The Bertz CT molecular complexity index is 586. The van der Waals surface area contributed by atoms with Crippen LogP contribution in [0.25, 0.3) is 0 Å². The van der Waals surface area contributed by atoms with Crippen molar-refractivity contribution in [3.05, 3.63) is 64.4 Å². The van der Waals surface area contributed by atoms with Gasteiger partial charge < -0.3 is 5.32 Å². The summed E-state index contributed by atoms with van der Waals surface area (Å²) in [4.78, 5) is 1.23. The normalized spacial score (nSPS) is 12.4. The Morgan fingerprint density at radius 1 is 1.19 bits per heavy atom. The summed E-state index contributed by atoms with van der Waals surface area (Å²) in [5.74, 6) is 0.686. The predicted molar refractivity (Wildman–Crippen MR) is 89.9 cm³/mol. The lowest BCUT2D eigenvalue weighted by Gasteiger charge is -2.16. The molecule has 2 aromatic rings. The third kappa shape index (κ3) is 5.03. The standard InChI is InChI=1S/C17H19ClFNS/c1-12-3-6-16(7-4-12)21-11-15(20-2)10-13-9-14(18)5-8-17(13)19/h3-9,15,20H,10-11H2,1-2H3. The molecule has 1 atom stereocenters. The first-order valence-electron chi connectivity index (χ1n) is 6.89. The molecule has 4 heteroatoms. The minimum absolute atomic E-state index is 0.194. The highest BCUT2D eigenvalue weighted by Gasteiger charge is 2.12. The maximum Gasteiger partial charge on any atom is 0.126 e. The summed E-state index contributed by atoms with van der Waals surface area (Å²) >= 11 is 7.71. The smallest absolute Gasteiger partial charge is 0.126 e. The first kappa shape index (κ1) is 16.3. The van der Waals surface area contributed by atoms with E-state index >= 15 is 0 Å². The predicted octanol–water partition coefficient (Wildman–Crippen LogP) is 4.71. The monoisotopic (exact) mass is 323 g/mol. The molecule has 0 saturated carbocycles. The molecule has 1 nitrogen and oxygen atoms in total. The summed E-state index contributed by atoms with van der Waals surface area (Å²) in [6.07, 6.45) is 0.627. The summed E-state index contributed by atoms with van der Waals surface area (Å²) in [5, 5.41) is 3.82. The van der Waals surface area contributed by atoms with Crippen molar-refractivity contribution in [1.82, 2.24) is 5.32 Å². The third-order valence-electron chi connectivity index (χ3n) is 3.35. The Hall–Kier alpha value is -1.03. The molecule has 21 heavy (non-hydrogen) atoms. The molecule has 1 unspecified atom stereocenters. The van der Waals surface area contributed by atoms with Gasteiger partial charge in [-0.1, -0.05) is 29.3 Å². The Labute approximate surface area is 134 Å². The van der Waals surface area contributed by atoms with Crippen LogP contribution in [0.15, 0.2) is 47.4 Å². The number of hydrogen-bond donors (Lipinski definition) is 1. The summed E-state index contributed by atoms with van der Waals surface area (Å²) in [6.45, 7) is 2.08. The number of nitrogens with one attached hydrogen (secondary N) is 1. The second kappa shape index (κ2) is 7.83. The van der Waals surface area contributed by atoms with Crippen molar-refractivity contribution >= 4 is 23.4 Å². The maximum atomic E-state index is 13.8. The van der Waals surface area contributed by atoms with Crippen molar-refractivity contribution in [1.29, 1.82) is 0 Å². The topological polar surface area (TPSA) is 12.0 Å². The van der Waals surface area contributed by atoms with Crippen molar-refractivity contribution in [2.75, 3.05) is 12.8 Å². The molecule has 0 spiro atoms. The van der Waals surface area contributed by atoms with Gasteiger partial charge in [0.05, 0.1) is 0 Å². The van der Waals surface area contributed by atoms with Gasteiger partial charge in [0, 0.05) is 21.7 Å². The molecule has 2 aromatic carbocycles. The van der Waals surface area contributed by atoms with E-state index < -0.39 is 0 Å². The molecule has 0 aliphatic rings. The lowest BCUT2D eigenvalue weighted by Crippen LogP contribution is -2.30. The molecule has 0 saturated heterocycles. The Balaban J connectivity index is 1.96. The molecule has 0 radical (unpaired) electrons. The molecule has 0 aromatic heterocycles.